The standard InChI is InChI=1S/C13H16N4OS/c1-3-17(4-2)7-5-11-15-13(18-16-11)12-10(9-14)6-8-19-12/h6,8H,3-5,7H2,1-2H3. The molecular formula is C13H16N4OS. The number of nitrogens with zero attached hydrogens (tertiary/aromatic N) is 4. The fraction of sp³-hybridized carbons (Fsp3) is 0.462. The van der Waals surface area contributed by atoms with Crippen molar-refractivity contribution in [2.75, 3.05) is 19.6 Å². The molecule has 0 saturated carbocycles. The predicted octanol–water partition coefficient (Wildman–Crippen LogP) is 2.55. The van der Waals surface area contributed by atoms with Crippen LogP contribution >= 0.6 is 11.3 Å². The molecule has 0 aliphatic heterocycles. The molecule has 2 aromatic rings. The van der Waals surface area contributed by atoms with Gasteiger partial charge in [0.2, 0.25) is 0 Å². The van der Waals surface area contributed by atoms with Crippen LogP contribution in [-0.2, 0) is 6.42 Å². The van der Waals surface area contributed by atoms with Crippen molar-refractivity contribution >= 4 is 11.3 Å². The maximum absolute atomic E-state index is 8.98. The summed E-state index contributed by atoms with van der Waals surface area (Å²) >= 11 is 1.44. The number of nitriles is 1. The van der Waals surface area contributed by atoms with Crippen LogP contribution in [0.2, 0.25) is 0 Å². The van der Waals surface area contributed by atoms with Gasteiger partial charge >= 0.3 is 0 Å². The highest BCUT2D eigenvalue weighted by Crippen LogP contribution is 2.27. The Morgan fingerprint density at radius 2 is 2.21 bits per heavy atom. The Kier molecular flexibility index (Phi) is 4.66. The molecule has 0 saturated heterocycles. The van der Waals surface area contributed by atoms with Gasteiger partial charge in [0.25, 0.3) is 5.89 Å². The summed E-state index contributed by atoms with van der Waals surface area (Å²) in [4.78, 5) is 7.42. The second kappa shape index (κ2) is 6.45. The van der Waals surface area contributed by atoms with E-state index in [1.54, 1.807) is 6.07 Å². The zero-order chi connectivity index (χ0) is 13.7. The lowest BCUT2D eigenvalue weighted by Crippen LogP contribution is -2.25. The molecule has 0 amide bonds. The Balaban J connectivity index is 2.06. The van der Waals surface area contributed by atoms with Crippen LogP contribution < -0.4 is 0 Å². The molecule has 0 bridgehead atoms. The van der Waals surface area contributed by atoms with Crippen molar-refractivity contribution in [3.63, 3.8) is 0 Å². The smallest absolute Gasteiger partial charge is 0.269 e. The summed E-state index contributed by atoms with van der Waals surface area (Å²) in [5, 5.41) is 14.8. The van der Waals surface area contributed by atoms with Gasteiger partial charge in [0.15, 0.2) is 5.82 Å². The fourth-order valence-corrected chi connectivity index (χ4v) is 2.57. The van der Waals surface area contributed by atoms with Crippen molar-refractivity contribution in [3.05, 3.63) is 22.8 Å². The number of hydrogen-bond acceptors (Lipinski definition) is 6. The van der Waals surface area contributed by atoms with E-state index in [0.29, 0.717) is 17.3 Å². The third-order valence-corrected chi connectivity index (χ3v) is 3.90. The van der Waals surface area contributed by atoms with Crippen LogP contribution in [0.1, 0.15) is 25.2 Å². The summed E-state index contributed by atoms with van der Waals surface area (Å²) in [7, 11) is 0. The van der Waals surface area contributed by atoms with Gasteiger partial charge in [-0.1, -0.05) is 19.0 Å². The Labute approximate surface area is 116 Å². The van der Waals surface area contributed by atoms with Gasteiger partial charge in [-0.15, -0.1) is 11.3 Å². The summed E-state index contributed by atoms with van der Waals surface area (Å²) < 4.78 is 5.23. The van der Waals surface area contributed by atoms with E-state index in [9.17, 15) is 0 Å². The van der Waals surface area contributed by atoms with E-state index < -0.39 is 0 Å². The lowest BCUT2D eigenvalue weighted by atomic mass is 10.3. The van der Waals surface area contributed by atoms with Crippen LogP contribution in [0.5, 0.6) is 0 Å². The molecular weight excluding hydrogens is 260 g/mol. The van der Waals surface area contributed by atoms with Crippen LogP contribution in [0, 0.1) is 11.3 Å². The molecule has 2 rings (SSSR count). The Morgan fingerprint density at radius 3 is 2.89 bits per heavy atom. The highest BCUT2D eigenvalue weighted by molar-refractivity contribution is 7.13. The van der Waals surface area contributed by atoms with Gasteiger partial charge < -0.3 is 9.42 Å². The molecule has 5 nitrogen and oxygen atoms in total. The second-order valence-corrected chi connectivity index (χ2v) is 4.98. The quantitative estimate of drug-likeness (QED) is 0.811. The third kappa shape index (κ3) is 3.19. The molecule has 0 radical (unpaired) electrons. The lowest BCUT2D eigenvalue weighted by Gasteiger charge is -2.16. The van der Waals surface area contributed by atoms with Gasteiger partial charge in [-0.2, -0.15) is 10.2 Å². The average Bonchev–Trinajstić information content (AvgIpc) is 3.07. The first kappa shape index (κ1) is 13.7. The largest absolute Gasteiger partial charge is 0.333 e. The van der Waals surface area contributed by atoms with E-state index in [0.717, 1.165) is 30.9 Å². The molecule has 6 heteroatoms. The number of hydrogen-bond donors (Lipinski definition) is 0. The van der Waals surface area contributed by atoms with E-state index in [2.05, 4.69) is 35.0 Å². The molecule has 100 valence electrons. The molecule has 0 spiro atoms. The molecule has 0 fully saturated rings. The van der Waals surface area contributed by atoms with E-state index >= 15 is 0 Å². The van der Waals surface area contributed by atoms with Crippen LogP contribution in [0.15, 0.2) is 16.0 Å². The molecule has 0 aliphatic rings. The molecule has 0 atom stereocenters. The molecule has 19 heavy (non-hydrogen) atoms. The number of thiophene rings is 1. The zero-order valence-corrected chi connectivity index (χ0v) is 11.9. The summed E-state index contributed by atoms with van der Waals surface area (Å²) in [5.74, 6) is 1.14. The molecule has 2 aromatic heterocycles. The Hall–Kier alpha value is -1.71. The maximum atomic E-state index is 8.98. The van der Waals surface area contributed by atoms with Crippen molar-refractivity contribution in [2.45, 2.75) is 20.3 Å². The van der Waals surface area contributed by atoms with E-state index in [1.807, 2.05) is 5.38 Å². The predicted molar refractivity (Wildman–Crippen MR) is 73.8 cm³/mol. The number of rotatable bonds is 6. The lowest BCUT2D eigenvalue weighted by molar-refractivity contribution is 0.303. The minimum absolute atomic E-state index is 0.445. The van der Waals surface area contributed by atoms with E-state index in [-0.39, 0.29) is 0 Å². The van der Waals surface area contributed by atoms with E-state index in [4.69, 9.17) is 9.78 Å². The highest BCUT2D eigenvalue weighted by atomic mass is 32.1. The highest BCUT2D eigenvalue weighted by Gasteiger charge is 2.14. The average molecular weight is 276 g/mol. The van der Waals surface area contributed by atoms with Crippen LogP contribution in [0.25, 0.3) is 10.8 Å². The molecule has 0 aliphatic carbocycles. The monoisotopic (exact) mass is 276 g/mol. The maximum Gasteiger partial charge on any atom is 0.269 e. The van der Waals surface area contributed by atoms with Gasteiger partial charge in [0.1, 0.15) is 10.9 Å². The molecule has 2 heterocycles. The second-order valence-electron chi connectivity index (χ2n) is 4.07. The minimum atomic E-state index is 0.445. The molecule has 0 aromatic carbocycles. The van der Waals surface area contributed by atoms with Gasteiger partial charge in [-0.3, -0.25) is 0 Å². The topological polar surface area (TPSA) is 66.0 Å². The summed E-state index contributed by atoms with van der Waals surface area (Å²) in [6.07, 6.45) is 0.762. The van der Waals surface area contributed by atoms with E-state index in [1.165, 1.54) is 11.3 Å². The van der Waals surface area contributed by atoms with Crippen molar-refractivity contribution in [2.24, 2.45) is 0 Å². The summed E-state index contributed by atoms with van der Waals surface area (Å²) in [6.45, 7) is 7.23. The fourth-order valence-electron chi connectivity index (χ4n) is 1.81. The third-order valence-electron chi connectivity index (χ3n) is 2.99. The summed E-state index contributed by atoms with van der Waals surface area (Å²) in [6, 6.07) is 3.89. The number of likely N-dealkylation sites (N-methyl/N-ethyl adjacent to an activating group) is 1. The molecule has 0 N–H and O–H groups in total. The summed E-state index contributed by atoms with van der Waals surface area (Å²) in [5.41, 5.74) is 0.587. The van der Waals surface area contributed by atoms with Gasteiger partial charge in [0.05, 0.1) is 5.56 Å². The first-order valence-electron chi connectivity index (χ1n) is 6.31. The molecule has 0 unspecified atom stereocenters. The van der Waals surface area contributed by atoms with Crippen molar-refractivity contribution < 1.29 is 4.52 Å². The first-order valence-corrected chi connectivity index (χ1v) is 7.19. The van der Waals surface area contributed by atoms with Gasteiger partial charge in [-0.25, -0.2) is 0 Å². The Bertz CT molecular complexity index is 565. The number of aromatic nitrogens is 2. The van der Waals surface area contributed by atoms with Crippen molar-refractivity contribution in [1.29, 1.82) is 5.26 Å². The zero-order valence-electron chi connectivity index (χ0n) is 11.1. The minimum Gasteiger partial charge on any atom is -0.333 e. The van der Waals surface area contributed by atoms with Crippen LogP contribution in [0.3, 0.4) is 0 Å². The van der Waals surface area contributed by atoms with Gasteiger partial charge in [0, 0.05) is 13.0 Å². The SMILES string of the molecule is CCN(CC)CCc1noc(-c2sccc2C#N)n1. The normalized spacial score (nSPS) is 10.8. The van der Waals surface area contributed by atoms with Crippen LogP contribution in [0.4, 0.5) is 0 Å². The Morgan fingerprint density at radius 1 is 1.42 bits per heavy atom. The van der Waals surface area contributed by atoms with Crippen molar-refractivity contribution in [3.8, 4) is 16.8 Å². The van der Waals surface area contributed by atoms with Crippen molar-refractivity contribution in [1.82, 2.24) is 15.0 Å². The van der Waals surface area contributed by atoms with Gasteiger partial charge in [-0.05, 0) is 24.5 Å². The first-order chi connectivity index (χ1) is 9.28. The van der Waals surface area contributed by atoms with Crippen LogP contribution in [-0.4, -0.2) is 34.7 Å².